The predicted molar refractivity (Wildman–Crippen MR) is 83.8 cm³/mol. The molecule has 0 aromatic carbocycles. The Morgan fingerprint density at radius 1 is 1.05 bits per heavy atom. The van der Waals surface area contributed by atoms with Gasteiger partial charge in [-0.2, -0.15) is 0 Å². The molecule has 0 fully saturated rings. The third-order valence-corrected chi connectivity index (χ3v) is 3.20. The number of aliphatic hydroxyl groups is 1. The van der Waals surface area contributed by atoms with Crippen LogP contribution in [0.3, 0.4) is 0 Å². The van der Waals surface area contributed by atoms with Gasteiger partial charge in [0.25, 0.3) is 0 Å². The van der Waals surface area contributed by atoms with E-state index < -0.39 is 5.97 Å². The first-order valence-electron chi connectivity index (χ1n) is 7.90. The van der Waals surface area contributed by atoms with Gasteiger partial charge in [-0.3, -0.25) is 4.79 Å². The van der Waals surface area contributed by atoms with Crippen LogP contribution in [0.25, 0.3) is 0 Å². The van der Waals surface area contributed by atoms with Crippen LogP contribution in [0.5, 0.6) is 0 Å². The van der Waals surface area contributed by atoms with Gasteiger partial charge in [0.2, 0.25) is 0 Å². The average Bonchev–Trinajstić information content (AvgIpc) is 2.41. The van der Waals surface area contributed by atoms with Crippen molar-refractivity contribution in [1.82, 2.24) is 0 Å². The first-order chi connectivity index (χ1) is 9.66. The Morgan fingerprint density at radius 2 is 1.75 bits per heavy atom. The van der Waals surface area contributed by atoms with Crippen molar-refractivity contribution in [2.24, 2.45) is 0 Å². The van der Waals surface area contributed by atoms with Crippen LogP contribution < -0.4 is 0 Å². The molecular weight excluding hydrogens is 252 g/mol. The molecule has 0 amide bonds. The fourth-order valence-corrected chi connectivity index (χ4v) is 1.95. The number of allylic oxidation sites excluding steroid dienone is 3. The minimum Gasteiger partial charge on any atom is -0.481 e. The molecule has 3 nitrogen and oxygen atoms in total. The molecule has 1 atom stereocenters. The normalized spacial score (nSPS) is 13.3. The van der Waals surface area contributed by atoms with Crippen molar-refractivity contribution in [3.8, 4) is 0 Å². The summed E-state index contributed by atoms with van der Waals surface area (Å²) in [5.74, 6) is -0.711. The summed E-state index contributed by atoms with van der Waals surface area (Å²) in [7, 11) is 0. The summed E-state index contributed by atoms with van der Waals surface area (Å²) < 4.78 is 0. The number of hydrogen-bond acceptors (Lipinski definition) is 2. The zero-order chi connectivity index (χ0) is 15.1. The minimum atomic E-state index is -0.711. The Labute approximate surface area is 123 Å². The number of carbonyl (C=O) groups is 1. The smallest absolute Gasteiger partial charge is 0.303 e. The monoisotopic (exact) mass is 282 g/mol. The molecule has 0 aromatic heterocycles. The van der Waals surface area contributed by atoms with E-state index in [-0.39, 0.29) is 12.5 Å². The van der Waals surface area contributed by atoms with Gasteiger partial charge in [0.1, 0.15) is 0 Å². The first kappa shape index (κ1) is 18.9. The fourth-order valence-electron chi connectivity index (χ4n) is 1.95. The Kier molecular flexibility index (Phi) is 13.5. The van der Waals surface area contributed by atoms with Crippen LogP contribution in [0.4, 0.5) is 0 Å². The Hall–Kier alpha value is -1.09. The van der Waals surface area contributed by atoms with Crippen LogP contribution in [0, 0.1) is 0 Å². The van der Waals surface area contributed by atoms with E-state index in [4.69, 9.17) is 5.11 Å². The van der Waals surface area contributed by atoms with Gasteiger partial charge in [0, 0.05) is 6.42 Å². The highest BCUT2D eigenvalue weighted by Gasteiger charge is 1.99. The van der Waals surface area contributed by atoms with Gasteiger partial charge >= 0.3 is 5.97 Å². The lowest BCUT2D eigenvalue weighted by atomic mass is 10.1. The van der Waals surface area contributed by atoms with E-state index in [9.17, 15) is 9.90 Å². The van der Waals surface area contributed by atoms with Crippen molar-refractivity contribution in [1.29, 1.82) is 0 Å². The highest BCUT2D eigenvalue weighted by molar-refractivity contribution is 5.66. The van der Waals surface area contributed by atoms with E-state index in [2.05, 4.69) is 13.0 Å². The lowest BCUT2D eigenvalue weighted by molar-refractivity contribution is -0.137. The zero-order valence-electron chi connectivity index (χ0n) is 12.8. The van der Waals surface area contributed by atoms with E-state index >= 15 is 0 Å². The lowest BCUT2D eigenvalue weighted by Gasteiger charge is -2.04. The molecule has 0 aliphatic heterocycles. The quantitative estimate of drug-likeness (QED) is 0.387. The SMILES string of the molecule is CCCCC=CC=CC(O)CCCCCCCC(=O)O. The highest BCUT2D eigenvalue weighted by Crippen LogP contribution is 2.09. The third kappa shape index (κ3) is 15.0. The summed E-state index contributed by atoms with van der Waals surface area (Å²) in [6.07, 6.45) is 17.0. The molecule has 0 aliphatic rings. The molecular formula is C17H30O3. The van der Waals surface area contributed by atoms with Crippen LogP contribution in [0.15, 0.2) is 24.3 Å². The van der Waals surface area contributed by atoms with Gasteiger partial charge in [-0.25, -0.2) is 0 Å². The summed E-state index contributed by atoms with van der Waals surface area (Å²) >= 11 is 0. The van der Waals surface area contributed by atoms with Gasteiger partial charge in [-0.1, -0.05) is 69.8 Å². The predicted octanol–water partition coefficient (Wildman–Crippen LogP) is 4.47. The van der Waals surface area contributed by atoms with Gasteiger partial charge in [-0.05, 0) is 19.3 Å². The Balaban J connectivity index is 3.39. The summed E-state index contributed by atoms with van der Waals surface area (Å²) in [6, 6.07) is 0. The van der Waals surface area contributed by atoms with E-state index in [0.717, 1.165) is 44.9 Å². The summed E-state index contributed by atoms with van der Waals surface area (Å²) in [5, 5.41) is 18.2. The molecule has 0 aromatic rings. The molecule has 0 spiro atoms. The van der Waals surface area contributed by atoms with Crippen LogP contribution in [0.2, 0.25) is 0 Å². The second-order valence-electron chi connectivity index (χ2n) is 5.22. The second kappa shape index (κ2) is 14.3. The summed E-state index contributed by atoms with van der Waals surface area (Å²) in [4.78, 5) is 10.3. The summed E-state index contributed by atoms with van der Waals surface area (Å²) in [6.45, 7) is 2.18. The Bertz CT molecular complexity index is 282. The van der Waals surface area contributed by atoms with Crippen LogP contribution in [0.1, 0.15) is 71.1 Å². The first-order valence-corrected chi connectivity index (χ1v) is 7.90. The molecule has 0 saturated heterocycles. The van der Waals surface area contributed by atoms with Crippen molar-refractivity contribution >= 4 is 5.97 Å². The fraction of sp³-hybridized carbons (Fsp3) is 0.706. The second-order valence-corrected chi connectivity index (χ2v) is 5.22. The van der Waals surface area contributed by atoms with Gasteiger partial charge in [0.15, 0.2) is 0 Å². The van der Waals surface area contributed by atoms with E-state index in [1.54, 1.807) is 0 Å². The van der Waals surface area contributed by atoms with Crippen LogP contribution in [-0.2, 0) is 4.79 Å². The van der Waals surface area contributed by atoms with Gasteiger partial charge in [-0.15, -0.1) is 0 Å². The number of carboxylic acid groups (broad SMARTS) is 1. The number of hydrogen-bond donors (Lipinski definition) is 2. The number of carboxylic acids is 1. The molecule has 1 unspecified atom stereocenters. The van der Waals surface area contributed by atoms with Crippen LogP contribution in [-0.4, -0.2) is 22.3 Å². The zero-order valence-corrected chi connectivity index (χ0v) is 12.8. The van der Waals surface area contributed by atoms with E-state index in [0.29, 0.717) is 0 Å². The molecule has 116 valence electrons. The number of aliphatic hydroxyl groups excluding tert-OH is 1. The molecule has 0 saturated carbocycles. The van der Waals surface area contributed by atoms with E-state index in [1.807, 2.05) is 18.2 Å². The van der Waals surface area contributed by atoms with E-state index in [1.165, 1.54) is 12.8 Å². The van der Waals surface area contributed by atoms with Gasteiger partial charge < -0.3 is 10.2 Å². The maximum absolute atomic E-state index is 10.3. The Morgan fingerprint density at radius 3 is 2.45 bits per heavy atom. The maximum atomic E-state index is 10.3. The van der Waals surface area contributed by atoms with Crippen molar-refractivity contribution < 1.29 is 15.0 Å². The van der Waals surface area contributed by atoms with Crippen molar-refractivity contribution in [3.05, 3.63) is 24.3 Å². The average molecular weight is 282 g/mol. The molecule has 20 heavy (non-hydrogen) atoms. The van der Waals surface area contributed by atoms with Gasteiger partial charge in [0.05, 0.1) is 6.10 Å². The number of unbranched alkanes of at least 4 members (excludes halogenated alkanes) is 6. The highest BCUT2D eigenvalue weighted by atomic mass is 16.4. The van der Waals surface area contributed by atoms with Crippen molar-refractivity contribution in [3.63, 3.8) is 0 Å². The van der Waals surface area contributed by atoms with Crippen molar-refractivity contribution in [2.75, 3.05) is 0 Å². The van der Waals surface area contributed by atoms with Crippen molar-refractivity contribution in [2.45, 2.75) is 77.2 Å². The standard InChI is InChI=1S/C17H30O3/c1-2-3-4-5-7-10-13-16(18)14-11-8-6-9-12-15-17(19)20/h5,7,10,13,16,18H,2-4,6,8-9,11-12,14-15H2,1H3,(H,19,20). The third-order valence-electron chi connectivity index (χ3n) is 3.20. The molecule has 0 aliphatic carbocycles. The molecule has 0 radical (unpaired) electrons. The molecule has 0 rings (SSSR count). The minimum absolute atomic E-state index is 0.274. The number of rotatable bonds is 13. The number of aliphatic carboxylic acids is 1. The topological polar surface area (TPSA) is 57.5 Å². The lowest BCUT2D eigenvalue weighted by Crippen LogP contribution is -2.01. The molecule has 3 heteroatoms. The maximum Gasteiger partial charge on any atom is 0.303 e. The molecule has 2 N–H and O–H groups in total. The largest absolute Gasteiger partial charge is 0.481 e. The summed E-state index contributed by atoms with van der Waals surface area (Å²) in [5.41, 5.74) is 0. The molecule has 0 bridgehead atoms. The van der Waals surface area contributed by atoms with Crippen LogP contribution >= 0.6 is 0 Å². The molecule has 0 heterocycles.